The van der Waals surface area contributed by atoms with Gasteiger partial charge in [0.1, 0.15) is 0 Å². The molecule has 2 unspecified atom stereocenters. The lowest BCUT2D eigenvalue weighted by atomic mass is 10.1. The zero-order valence-electron chi connectivity index (χ0n) is 9.84. The molecule has 0 heterocycles. The summed E-state index contributed by atoms with van der Waals surface area (Å²) in [5.74, 6) is -0.352. The van der Waals surface area contributed by atoms with Crippen molar-refractivity contribution in [3.63, 3.8) is 0 Å². The fraction of sp³-hybridized carbons (Fsp3) is 1.00. The maximum atomic E-state index is 11.4. The average Bonchev–Trinajstić information content (AvgIpc) is 2.02. The van der Waals surface area contributed by atoms with Gasteiger partial charge >= 0.3 is 6.18 Å². The van der Waals surface area contributed by atoms with Gasteiger partial charge in [0.15, 0.2) is 6.10 Å². The number of hydrogen-bond donors (Lipinski definition) is 2. The van der Waals surface area contributed by atoms with E-state index in [0.29, 0.717) is 5.92 Å². The van der Waals surface area contributed by atoms with Gasteiger partial charge in [0.2, 0.25) is 0 Å². The predicted octanol–water partition coefficient (Wildman–Crippen LogP) is 2.59. The minimum absolute atomic E-state index is 0.148. The van der Waals surface area contributed by atoms with Crippen molar-refractivity contribution in [1.82, 2.24) is 0 Å². The summed E-state index contributed by atoms with van der Waals surface area (Å²) in [6.45, 7) is 8.41. The zero-order valence-corrected chi connectivity index (χ0v) is 9.84. The lowest BCUT2D eigenvalue weighted by molar-refractivity contribution is -0.215. The second-order valence-corrected chi connectivity index (χ2v) is 4.22. The van der Waals surface area contributed by atoms with Crippen LogP contribution in [0, 0.1) is 11.8 Å². The first-order valence-electron chi connectivity index (χ1n) is 4.93. The van der Waals surface area contributed by atoms with E-state index in [1.54, 1.807) is 6.92 Å². The SMILES string of the molecule is CC(C)C(C)O.CC(C)C(O)C(F)(F)F. The molecular formula is C10H21F3O2. The first-order valence-corrected chi connectivity index (χ1v) is 4.93. The van der Waals surface area contributed by atoms with E-state index in [-0.39, 0.29) is 6.10 Å². The highest BCUT2D eigenvalue weighted by Gasteiger charge is 2.39. The van der Waals surface area contributed by atoms with Crippen LogP contribution < -0.4 is 0 Å². The van der Waals surface area contributed by atoms with E-state index in [0.717, 1.165) is 0 Å². The second kappa shape index (κ2) is 7.06. The molecule has 0 radical (unpaired) electrons. The van der Waals surface area contributed by atoms with Crippen LogP contribution in [0.15, 0.2) is 0 Å². The van der Waals surface area contributed by atoms with E-state index < -0.39 is 18.2 Å². The molecule has 0 aliphatic heterocycles. The highest BCUT2D eigenvalue weighted by molar-refractivity contribution is 4.67. The standard InChI is InChI=1S/C5H9F3O.C5H12O/c1-3(2)4(9)5(6,7)8;1-4(2)5(3)6/h3-4,9H,1-2H3;4-6H,1-3H3. The average molecular weight is 230 g/mol. The van der Waals surface area contributed by atoms with E-state index >= 15 is 0 Å². The second-order valence-electron chi connectivity index (χ2n) is 4.22. The fourth-order valence-electron chi connectivity index (χ4n) is 0.378. The van der Waals surface area contributed by atoms with Crippen molar-refractivity contribution in [1.29, 1.82) is 0 Å². The van der Waals surface area contributed by atoms with Gasteiger partial charge in [-0.05, 0) is 18.8 Å². The minimum Gasteiger partial charge on any atom is -0.393 e. The van der Waals surface area contributed by atoms with Crippen LogP contribution in [0.5, 0.6) is 0 Å². The lowest BCUT2D eigenvalue weighted by Gasteiger charge is -2.16. The van der Waals surface area contributed by atoms with Gasteiger partial charge in [0.05, 0.1) is 6.10 Å². The van der Waals surface area contributed by atoms with E-state index in [1.807, 2.05) is 13.8 Å². The smallest absolute Gasteiger partial charge is 0.393 e. The van der Waals surface area contributed by atoms with Crippen molar-refractivity contribution in [2.45, 2.75) is 53.0 Å². The van der Waals surface area contributed by atoms with Gasteiger partial charge in [-0.1, -0.05) is 27.7 Å². The van der Waals surface area contributed by atoms with Crippen LogP contribution in [0.25, 0.3) is 0 Å². The molecule has 0 amide bonds. The van der Waals surface area contributed by atoms with Crippen molar-refractivity contribution >= 4 is 0 Å². The van der Waals surface area contributed by atoms with Crippen LogP contribution >= 0.6 is 0 Å². The molecule has 0 aromatic heterocycles. The summed E-state index contributed by atoms with van der Waals surface area (Å²) < 4.78 is 34.3. The molecule has 2 N–H and O–H groups in total. The lowest BCUT2D eigenvalue weighted by Crippen LogP contribution is -2.33. The van der Waals surface area contributed by atoms with Crippen LogP contribution in [0.1, 0.15) is 34.6 Å². The Morgan fingerprint density at radius 2 is 1.07 bits per heavy atom. The van der Waals surface area contributed by atoms with Gasteiger partial charge in [-0.25, -0.2) is 0 Å². The zero-order chi connectivity index (χ0) is 12.8. The molecule has 0 saturated heterocycles. The van der Waals surface area contributed by atoms with Crippen LogP contribution in [0.2, 0.25) is 0 Å². The first kappa shape index (κ1) is 17.1. The van der Waals surface area contributed by atoms with Gasteiger partial charge < -0.3 is 10.2 Å². The molecule has 15 heavy (non-hydrogen) atoms. The summed E-state index contributed by atoms with van der Waals surface area (Å²) >= 11 is 0. The fourth-order valence-corrected chi connectivity index (χ4v) is 0.378. The van der Waals surface area contributed by atoms with E-state index in [2.05, 4.69) is 0 Å². The molecule has 2 atom stereocenters. The summed E-state index contributed by atoms with van der Waals surface area (Å²) in [7, 11) is 0. The Morgan fingerprint density at radius 1 is 0.800 bits per heavy atom. The monoisotopic (exact) mass is 230 g/mol. The summed E-state index contributed by atoms with van der Waals surface area (Å²) in [6.07, 6.45) is -6.80. The van der Waals surface area contributed by atoms with Crippen LogP contribution in [-0.2, 0) is 0 Å². The highest BCUT2D eigenvalue weighted by Crippen LogP contribution is 2.24. The molecule has 0 aliphatic rings. The predicted molar refractivity (Wildman–Crippen MR) is 53.4 cm³/mol. The van der Waals surface area contributed by atoms with Crippen LogP contribution in [0.3, 0.4) is 0 Å². The number of halogens is 3. The maximum Gasteiger partial charge on any atom is 0.414 e. The summed E-state index contributed by atoms with van der Waals surface area (Å²) in [5.41, 5.74) is 0. The number of aliphatic hydroxyl groups excluding tert-OH is 2. The Hall–Kier alpha value is -0.290. The Bertz CT molecular complexity index is 147. The molecular weight excluding hydrogens is 209 g/mol. The van der Waals surface area contributed by atoms with Crippen molar-refractivity contribution in [2.75, 3.05) is 0 Å². The number of rotatable bonds is 2. The van der Waals surface area contributed by atoms with E-state index in [9.17, 15) is 13.2 Å². The molecule has 0 aromatic carbocycles. The number of hydrogen-bond acceptors (Lipinski definition) is 2. The normalized spacial score (nSPS) is 16.0. The maximum absolute atomic E-state index is 11.4. The van der Waals surface area contributed by atoms with Gasteiger partial charge in [-0.3, -0.25) is 0 Å². The van der Waals surface area contributed by atoms with E-state index in [1.165, 1.54) is 13.8 Å². The largest absolute Gasteiger partial charge is 0.414 e. The Kier molecular flexibility index (Phi) is 8.06. The molecule has 5 heteroatoms. The molecule has 0 spiro atoms. The Morgan fingerprint density at radius 3 is 1.07 bits per heavy atom. The van der Waals surface area contributed by atoms with E-state index in [4.69, 9.17) is 10.2 Å². The molecule has 0 fully saturated rings. The highest BCUT2D eigenvalue weighted by atomic mass is 19.4. The Balaban J connectivity index is 0. The van der Waals surface area contributed by atoms with Crippen molar-refractivity contribution < 1.29 is 23.4 Å². The third-order valence-corrected chi connectivity index (χ3v) is 1.93. The molecule has 0 aliphatic carbocycles. The number of alkyl halides is 3. The summed E-state index contributed by atoms with van der Waals surface area (Å²) in [5, 5.41) is 17.0. The van der Waals surface area contributed by atoms with Gasteiger partial charge in [-0.2, -0.15) is 13.2 Å². The van der Waals surface area contributed by atoms with Crippen molar-refractivity contribution in [3.8, 4) is 0 Å². The van der Waals surface area contributed by atoms with Crippen molar-refractivity contribution in [2.24, 2.45) is 11.8 Å². The minimum atomic E-state index is -4.46. The third kappa shape index (κ3) is 10.0. The summed E-state index contributed by atoms with van der Waals surface area (Å²) in [6, 6.07) is 0. The van der Waals surface area contributed by atoms with Crippen LogP contribution in [-0.4, -0.2) is 28.6 Å². The molecule has 0 rings (SSSR count). The number of aliphatic hydroxyl groups is 2. The molecule has 0 aromatic rings. The molecule has 94 valence electrons. The first-order chi connectivity index (χ1) is 6.50. The van der Waals surface area contributed by atoms with Crippen molar-refractivity contribution in [3.05, 3.63) is 0 Å². The van der Waals surface area contributed by atoms with Crippen LogP contribution in [0.4, 0.5) is 13.2 Å². The molecule has 0 bridgehead atoms. The van der Waals surface area contributed by atoms with Gasteiger partial charge in [0, 0.05) is 0 Å². The summed E-state index contributed by atoms with van der Waals surface area (Å²) in [4.78, 5) is 0. The van der Waals surface area contributed by atoms with Gasteiger partial charge in [-0.15, -0.1) is 0 Å². The quantitative estimate of drug-likeness (QED) is 0.765. The third-order valence-electron chi connectivity index (χ3n) is 1.93. The van der Waals surface area contributed by atoms with Gasteiger partial charge in [0.25, 0.3) is 0 Å². The molecule has 0 saturated carbocycles. The molecule has 2 nitrogen and oxygen atoms in total. The Labute approximate surface area is 89.1 Å². The topological polar surface area (TPSA) is 40.5 Å².